The van der Waals surface area contributed by atoms with Gasteiger partial charge in [0.15, 0.2) is 5.82 Å². The van der Waals surface area contributed by atoms with Crippen molar-refractivity contribution in [2.24, 2.45) is 0 Å². The number of nitrogens with one attached hydrogen (secondary N) is 1. The molecule has 7 nitrogen and oxygen atoms in total. The molecule has 1 N–H and O–H groups in total. The van der Waals surface area contributed by atoms with Crippen molar-refractivity contribution in [2.45, 2.75) is 12.5 Å². The second-order valence-electron chi connectivity index (χ2n) is 5.49. The lowest BCUT2D eigenvalue weighted by molar-refractivity contribution is -0.117. The van der Waals surface area contributed by atoms with Crippen molar-refractivity contribution in [3.8, 4) is 17.1 Å². The normalized spacial score (nSPS) is 16.4. The molecule has 1 aromatic carbocycles. The maximum Gasteiger partial charge on any atom is 0.229 e. The van der Waals surface area contributed by atoms with Crippen molar-refractivity contribution >= 4 is 11.9 Å². The van der Waals surface area contributed by atoms with Gasteiger partial charge in [-0.25, -0.2) is 4.68 Å². The number of pyridine rings is 1. The molecular formula is C17H15N5O2. The lowest BCUT2D eigenvalue weighted by Crippen LogP contribution is -2.29. The summed E-state index contributed by atoms with van der Waals surface area (Å²) >= 11 is 0. The zero-order valence-electron chi connectivity index (χ0n) is 13.0. The molecule has 0 radical (unpaired) electrons. The highest BCUT2D eigenvalue weighted by molar-refractivity contribution is 5.91. The molecule has 0 spiro atoms. The van der Waals surface area contributed by atoms with Gasteiger partial charge in [0.1, 0.15) is 5.75 Å². The van der Waals surface area contributed by atoms with E-state index in [4.69, 9.17) is 4.74 Å². The van der Waals surface area contributed by atoms with Crippen LogP contribution in [-0.2, 0) is 4.79 Å². The molecule has 120 valence electrons. The molecule has 0 saturated heterocycles. The molecular weight excluding hydrogens is 306 g/mol. The molecule has 1 atom stereocenters. The van der Waals surface area contributed by atoms with Crippen LogP contribution in [0.5, 0.6) is 5.75 Å². The lowest BCUT2D eigenvalue weighted by Gasteiger charge is -2.23. The van der Waals surface area contributed by atoms with Crippen LogP contribution in [0.4, 0.5) is 5.95 Å². The Kier molecular flexibility index (Phi) is 3.45. The Labute approximate surface area is 138 Å². The van der Waals surface area contributed by atoms with E-state index in [1.807, 2.05) is 36.4 Å². The topological polar surface area (TPSA) is 81.9 Å². The Bertz CT molecular complexity index is 874. The Morgan fingerprint density at radius 1 is 1.25 bits per heavy atom. The number of ether oxygens (including phenoxy) is 1. The van der Waals surface area contributed by atoms with Gasteiger partial charge in [-0.1, -0.05) is 12.1 Å². The van der Waals surface area contributed by atoms with E-state index in [-0.39, 0.29) is 11.9 Å². The van der Waals surface area contributed by atoms with E-state index in [1.54, 1.807) is 24.2 Å². The summed E-state index contributed by atoms with van der Waals surface area (Å²) in [6.45, 7) is 0. The van der Waals surface area contributed by atoms with Crippen molar-refractivity contribution in [3.63, 3.8) is 0 Å². The highest BCUT2D eigenvalue weighted by atomic mass is 16.5. The molecule has 0 aliphatic carbocycles. The van der Waals surface area contributed by atoms with Crippen molar-refractivity contribution in [3.05, 3.63) is 54.4 Å². The first-order chi connectivity index (χ1) is 11.7. The van der Waals surface area contributed by atoms with Gasteiger partial charge in [0, 0.05) is 18.0 Å². The van der Waals surface area contributed by atoms with E-state index in [1.165, 1.54) is 0 Å². The molecule has 24 heavy (non-hydrogen) atoms. The Hall–Kier alpha value is -3.22. The van der Waals surface area contributed by atoms with Crippen LogP contribution in [0.15, 0.2) is 48.8 Å². The summed E-state index contributed by atoms with van der Waals surface area (Å²) in [5.41, 5.74) is 1.79. The molecule has 4 rings (SSSR count). The smallest absolute Gasteiger partial charge is 0.229 e. The van der Waals surface area contributed by atoms with Gasteiger partial charge in [-0.15, -0.1) is 5.10 Å². The minimum Gasteiger partial charge on any atom is -0.497 e. The predicted molar refractivity (Wildman–Crippen MR) is 87.6 cm³/mol. The summed E-state index contributed by atoms with van der Waals surface area (Å²) in [6.07, 6.45) is 3.71. The van der Waals surface area contributed by atoms with Crippen LogP contribution in [0, 0.1) is 0 Å². The van der Waals surface area contributed by atoms with Gasteiger partial charge in [-0.3, -0.25) is 15.1 Å². The highest BCUT2D eigenvalue weighted by Gasteiger charge is 2.29. The number of hydrogen-bond donors (Lipinski definition) is 1. The van der Waals surface area contributed by atoms with Crippen molar-refractivity contribution in [2.75, 3.05) is 12.4 Å². The number of carbonyl (C=O) groups excluding carboxylic acids is 1. The van der Waals surface area contributed by atoms with Gasteiger partial charge in [0.2, 0.25) is 11.9 Å². The summed E-state index contributed by atoms with van der Waals surface area (Å²) in [4.78, 5) is 20.6. The van der Waals surface area contributed by atoms with Crippen molar-refractivity contribution < 1.29 is 9.53 Å². The number of benzene rings is 1. The molecule has 7 heteroatoms. The van der Waals surface area contributed by atoms with Crippen molar-refractivity contribution in [1.82, 2.24) is 19.7 Å². The summed E-state index contributed by atoms with van der Waals surface area (Å²) in [5, 5.41) is 7.35. The SMILES string of the molecule is COc1ccc(C2CC(=O)Nc3nc(-c4cccnc4)nn32)cc1. The molecule has 2 aromatic heterocycles. The largest absolute Gasteiger partial charge is 0.497 e. The molecule has 0 bridgehead atoms. The zero-order chi connectivity index (χ0) is 16.5. The maximum atomic E-state index is 12.0. The first-order valence-electron chi connectivity index (χ1n) is 7.55. The van der Waals surface area contributed by atoms with Crippen molar-refractivity contribution in [1.29, 1.82) is 0 Å². The van der Waals surface area contributed by atoms with Gasteiger partial charge < -0.3 is 4.74 Å². The number of methoxy groups -OCH3 is 1. The van der Waals surface area contributed by atoms with Crippen LogP contribution in [0.2, 0.25) is 0 Å². The third-order valence-electron chi connectivity index (χ3n) is 3.98. The Balaban J connectivity index is 1.75. The molecule has 0 fully saturated rings. The second-order valence-corrected chi connectivity index (χ2v) is 5.49. The van der Waals surface area contributed by atoms with Gasteiger partial charge >= 0.3 is 0 Å². The van der Waals surface area contributed by atoms with Gasteiger partial charge in [-0.05, 0) is 29.8 Å². The highest BCUT2D eigenvalue weighted by Crippen LogP contribution is 2.31. The minimum absolute atomic E-state index is 0.0755. The van der Waals surface area contributed by atoms with E-state index in [0.717, 1.165) is 16.9 Å². The predicted octanol–water partition coefficient (Wildman–Crippen LogP) is 2.28. The van der Waals surface area contributed by atoms with E-state index in [0.29, 0.717) is 18.2 Å². The third kappa shape index (κ3) is 2.50. The fourth-order valence-corrected chi connectivity index (χ4v) is 2.77. The monoisotopic (exact) mass is 321 g/mol. The molecule has 3 aromatic rings. The van der Waals surface area contributed by atoms with Crippen LogP contribution in [0.1, 0.15) is 18.0 Å². The van der Waals surface area contributed by atoms with E-state index < -0.39 is 0 Å². The number of hydrogen-bond acceptors (Lipinski definition) is 5. The molecule has 1 amide bonds. The average Bonchev–Trinajstić information content (AvgIpc) is 3.06. The number of anilines is 1. The number of nitrogens with zero attached hydrogens (tertiary/aromatic N) is 4. The van der Waals surface area contributed by atoms with E-state index in [9.17, 15) is 4.79 Å². The fraction of sp³-hybridized carbons (Fsp3) is 0.176. The van der Waals surface area contributed by atoms with Crippen LogP contribution in [0.25, 0.3) is 11.4 Å². The molecule has 0 saturated carbocycles. The summed E-state index contributed by atoms with van der Waals surface area (Å²) < 4.78 is 6.94. The van der Waals surface area contributed by atoms with Crippen LogP contribution >= 0.6 is 0 Å². The van der Waals surface area contributed by atoms with Crippen LogP contribution in [0.3, 0.4) is 0 Å². The third-order valence-corrected chi connectivity index (χ3v) is 3.98. The summed E-state index contributed by atoms with van der Waals surface area (Å²) in [6, 6.07) is 11.2. The van der Waals surface area contributed by atoms with Gasteiger partial charge in [-0.2, -0.15) is 4.98 Å². The van der Waals surface area contributed by atoms with E-state index in [2.05, 4.69) is 20.4 Å². The maximum absolute atomic E-state index is 12.0. The summed E-state index contributed by atoms with van der Waals surface area (Å²) in [7, 11) is 1.62. The zero-order valence-corrected chi connectivity index (χ0v) is 13.0. The lowest BCUT2D eigenvalue weighted by atomic mass is 10.0. The standard InChI is InChI=1S/C17H15N5O2/c1-24-13-6-4-11(5-7-13)14-9-15(23)19-17-20-16(21-22(14)17)12-3-2-8-18-10-12/h2-8,10,14H,9H2,1H3,(H,19,20,21,23). The molecule has 1 aliphatic rings. The fourth-order valence-electron chi connectivity index (χ4n) is 2.77. The molecule has 3 heterocycles. The quantitative estimate of drug-likeness (QED) is 0.800. The molecule has 1 unspecified atom stereocenters. The summed E-state index contributed by atoms with van der Waals surface area (Å²) in [5.74, 6) is 1.69. The van der Waals surface area contributed by atoms with Crippen LogP contribution in [-0.4, -0.2) is 32.8 Å². The Morgan fingerprint density at radius 3 is 2.79 bits per heavy atom. The average molecular weight is 321 g/mol. The number of aromatic nitrogens is 4. The van der Waals surface area contributed by atoms with Gasteiger partial charge in [0.05, 0.1) is 19.6 Å². The van der Waals surface area contributed by atoms with Crippen LogP contribution < -0.4 is 10.1 Å². The number of amides is 1. The first-order valence-corrected chi connectivity index (χ1v) is 7.55. The minimum atomic E-state index is -0.197. The number of rotatable bonds is 3. The number of fused-ring (bicyclic) bond motifs is 1. The first kappa shape index (κ1) is 14.4. The number of carbonyl (C=O) groups is 1. The molecule has 1 aliphatic heterocycles. The van der Waals surface area contributed by atoms with Gasteiger partial charge in [0.25, 0.3) is 0 Å². The van der Waals surface area contributed by atoms with E-state index >= 15 is 0 Å². The second kappa shape index (κ2) is 5.77. The Morgan fingerprint density at radius 2 is 2.08 bits per heavy atom.